The molecular weight excluding hydrogens is 622 g/mol. The second-order valence-electron chi connectivity index (χ2n) is 14.0. The molecule has 0 bridgehead atoms. The molecule has 50 heavy (non-hydrogen) atoms. The van der Waals surface area contributed by atoms with Crippen molar-refractivity contribution < 1.29 is 24.5 Å². The van der Waals surface area contributed by atoms with E-state index >= 15 is 0 Å². The highest BCUT2D eigenvalue weighted by Gasteiger charge is 2.17. The summed E-state index contributed by atoms with van der Waals surface area (Å²) in [5, 5.41) is 22.8. The molecule has 0 aromatic carbocycles. The van der Waals surface area contributed by atoms with Gasteiger partial charge in [0.25, 0.3) is 0 Å². The molecule has 0 saturated carbocycles. The lowest BCUT2D eigenvalue weighted by Gasteiger charge is -2.19. The summed E-state index contributed by atoms with van der Waals surface area (Å²) < 4.78 is 5.40. The Morgan fingerprint density at radius 3 is 1.66 bits per heavy atom. The van der Waals surface area contributed by atoms with Crippen molar-refractivity contribution in [3.63, 3.8) is 0 Å². The number of aliphatic hydroxyl groups is 2. The van der Waals surface area contributed by atoms with E-state index in [9.17, 15) is 19.8 Å². The molecular formula is C44H79NO5. The first-order valence-electron chi connectivity index (χ1n) is 20.9. The molecule has 6 nitrogen and oxygen atoms in total. The van der Waals surface area contributed by atoms with Crippen molar-refractivity contribution in [2.45, 2.75) is 206 Å². The molecule has 2 atom stereocenters. The third-order valence-electron chi connectivity index (χ3n) is 9.04. The normalized spacial score (nSPS) is 13.3. The number of esters is 1. The number of hydrogen-bond acceptors (Lipinski definition) is 5. The summed E-state index contributed by atoms with van der Waals surface area (Å²) in [7, 11) is 0. The molecule has 0 rings (SSSR count). The maximum Gasteiger partial charge on any atom is 0.305 e. The summed E-state index contributed by atoms with van der Waals surface area (Å²) in [6.45, 7) is 4.69. The minimum atomic E-state index is -0.875. The Hall–Kier alpha value is -2.18. The van der Waals surface area contributed by atoms with Crippen LogP contribution in [0.2, 0.25) is 0 Å². The molecule has 290 valence electrons. The van der Waals surface area contributed by atoms with Crippen LogP contribution in [0.4, 0.5) is 0 Å². The van der Waals surface area contributed by atoms with Crippen LogP contribution in [0, 0.1) is 0 Å². The molecule has 0 aliphatic rings. The van der Waals surface area contributed by atoms with Crippen LogP contribution in [-0.4, -0.2) is 47.4 Å². The van der Waals surface area contributed by atoms with E-state index in [2.05, 4.69) is 55.6 Å². The quantitative estimate of drug-likeness (QED) is 0.0340. The highest BCUT2D eigenvalue weighted by atomic mass is 16.5. The Morgan fingerprint density at radius 2 is 1.06 bits per heavy atom. The van der Waals surface area contributed by atoms with Crippen molar-refractivity contribution in [3.05, 3.63) is 48.6 Å². The number of rotatable bonds is 37. The van der Waals surface area contributed by atoms with Crippen LogP contribution in [0.5, 0.6) is 0 Å². The van der Waals surface area contributed by atoms with Crippen molar-refractivity contribution in [2.24, 2.45) is 0 Å². The highest BCUT2D eigenvalue weighted by molar-refractivity contribution is 5.76. The molecule has 0 aliphatic carbocycles. The molecule has 3 N–H and O–H groups in total. The van der Waals surface area contributed by atoms with Gasteiger partial charge < -0.3 is 20.3 Å². The predicted octanol–water partition coefficient (Wildman–Crippen LogP) is 11.6. The average Bonchev–Trinajstić information content (AvgIpc) is 3.11. The lowest BCUT2D eigenvalue weighted by atomic mass is 10.1. The highest BCUT2D eigenvalue weighted by Crippen LogP contribution is 2.12. The summed E-state index contributed by atoms with van der Waals surface area (Å²) in [6, 6.07) is -0.665. The van der Waals surface area contributed by atoms with E-state index in [-0.39, 0.29) is 18.5 Å². The standard InChI is InChI=1S/C44H79NO5/c1-3-5-7-9-11-13-15-16-18-22-26-30-34-38-44(49)50-39-35-31-27-23-19-21-25-29-33-37-43(48)45-41(40-46)42(47)36-32-28-24-20-17-14-12-10-8-6-4-2/h7,9,13,15,21,25,32,36,41-42,46-47H,3-6,8,10-12,14,16-20,22-24,26-31,33-35,37-40H2,1-2H3,(H,45,48)/b9-7-,15-13-,25-21-,36-32+. The largest absolute Gasteiger partial charge is 0.466 e. The second-order valence-corrected chi connectivity index (χ2v) is 14.0. The number of ether oxygens (including phenoxy) is 1. The van der Waals surface area contributed by atoms with Gasteiger partial charge >= 0.3 is 5.97 Å². The molecule has 0 heterocycles. The van der Waals surface area contributed by atoms with Gasteiger partial charge in [0, 0.05) is 12.8 Å². The number of allylic oxidation sites excluding steroid dienone is 7. The monoisotopic (exact) mass is 702 g/mol. The number of carbonyl (C=O) groups is 2. The minimum Gasteiger partial charge on any atom is -0.466 e. The first-order valence-corrected chi connectivity index (χ1v) is 20.9. The van der Waals surface area contributed by atoms with Gasteiger partial charge in [0.15, 0.2) is 0 Å². The summed E-state index contributed by atoms with van der Waals surface area (Å²) in [4.78, 5) is 24.3. The Morgan fingerprint density at radius 1 is 0.560 bits per heavy atom. The molecule has 0 aromatic rings. The fourth-order valence-electron chi connectivity index (χ4n) is 5.79. The molecule has 0 saturated heterocycles. The third kappa shape index (κ3) is 35.6. The summed E-state index contributed by atoms with van der Waals surface area (Å²) in [5.74, 6) is -0.190. The minimum absolute atomic E-state index is 0.0554. The van der Waals surface area contributed by atoms with E-state index in [1.807, 2.05) is 6.08 Å². The summed E-state index contributed by atoms with van der Waals surface area (Å²) >= 11 is 0. The Labute approximate surface area is 308 Å². The molecule has 1 amide bonds. The van der Waals surface area contributed by atoms with E-state index in [0.29, 0.717) is 19.4 Å². The van der Waals surface area contributed by atoms with E-state index in [1.54, 1.807) is 6.08 Å². The summed E-state index contributed by atoms with van der Waals surface area (Å²) in [6.07, 6.45) is 46.7. The SMILES string of the molecule is CCC/C=C\C/C=C\CCCCCCCC(=O)OCCCCCC/C=C\CCCC(=O)NC(CO)C(O)/C=C/CCCCCCCCCCC. The van der Waals surface area contributed by atoms with Crippen LogP contribution in [0.3, 0.4) is 0 Å². The predicted molar refractivity (Wildman–Crippen MR) is 213 cm³/mol. The van der Waals surface area contributed by atoms with Crippen LogP contribution >= 0.6 is 0 Å². The van der Waals surface area contributed by atoms with Gasteiger partial charge in [0.05, 0.1) is 25.4 Å². The van der Waals surface area contributed by atoms with Gasteiger partial charge in [0.1, 0.15) is 0 Å². The van der Waals surface area contributed by atoms with E-state index in [4.69, 9.17) is 4.74 Å². The van der Waals surface area contributed by atoms with Crippen LogP contribution in [0.25, 0.3) is 0 Å². The molecule has 0 radical (unpaired) electrons. The van der Waals surface area contributed by atoms with Gasteiger partial charge in [-0.25, -0.2) is 0 Å². The Bertz CT molecular complexity index is 864. The molecule has 0 spiro atoms. The number of amides is 1. The first kappa shape index (κ1) is 47.8. The lowest BCUT2D eigenvalue weighted by molar-refractivity contribution is -0.143. The van der Waals surface area contributed by atoms with Crippen LogP contribution < -0.4 is 5.32 Å². The van der Waals surface area contributed by atoms with Gasteiger partial charge in [-0.3, -0.25) is 9.59 Å². The third-order valence-corrected chi connectivity index (χ3v) is 9.04. The molecule has 2 unspecified atom stereocenters. The van der Waals surface area contributed by atoms with Gasteiger partial charge in [-0.2, -0.15) is 0 Å². The number of hydrogen-bond donors (Lipinski definition) is 3. The van der Waals surface area contributed by atoms with Crippen molar-refractivity contribution >= 4 is 11.9 Å². The molecule has 0 fully saturated rings. The van der Waals surface area contributed by atoms with Gasteiger partial charge in [-0.1, -0.05) is 152 Å². The maximum atomic E-state index is 12.3. The zero-order valence-electron chi connectivity index (χ0n) is 32.6. The van der Waals surface area contributed by atoms with Crippen LogP contribution in [0.1, 0.15) is 194 Å². The van der Waals surface area contributed by atoms with Crippen molar-refractivity contribution in [1.29, 1.82) is 0 Å². The average molecular weight is 702 g/mol. The van der Waals surface area contributed by atoms with Gasteiger partial charge in [0.2, 0.25) is 5.91 Å². The van der Waals surface area contributed by atoms with Crippen molar-refractivity contribution in [2.75, 3.05) is 13.2 Å². The smallest absolute Gasteiger partial charge is 0.305 e. The molecule has 0 aliphatic heterocycles. The number of nitrogens with one attached hydrogen (secondary N) is 1. The van der Waals surface area contributed by atoms with E-state index in [0.717, 1.165) is 83.5 Å². The number of carbonyl (C=O) groups excluding carboxylic acids is 2. The topological polar surface area (TPSA) is 95.9 Å². The van der Waals surface area contributed by atoms with Gasteiger partial charge in [-0.05, 0) is 77.0 Å². The second kappa shape index (κ2) is 39.6. The number of aliphatic hydroxyl groups excluding tert-OH is 2. The molecule has 0 aromatic heterocycles. The fourth-order valence-corrected chi connectivity index (χ4v) is 5.79. The van der Waals surface area contributed by atoms with Crippen molar-refractivity contribution in [3.8, 4) is 0 Å². The van der Waals surface area contributed by atoms with E-state index < -0.39 is 12.1 Å². The lowest BCUT2D eigenvalue weighted by Crippen LogP contribution is -2.45. The van der Waals surface area contributed by atoms with Crippen LogP contribution in [-0.2, 0) is 14.3 Å². The Balaban J connectivity index is 3.63. The molecule has 6 heteroatoms. The van der Waals surface area contributed by atoms with Crippen molar-refractivity contribution in [1.82, 2.24) is 5.32 Å². The fraction of sp³-hybridized carbons (Fsp3) is 0.773. The maximum absolute atomic E-state index is 12.3. The Kier molecular flexibility index (Phi) is 37.9. The summed E-state index contributed by atoms with van der Waals surface area (Å²) in [5.41, 5.74) is 0. The zero-order valence-corrected chi connectivity index (χ0v) is 32.6. The first-order chi connectivity index (χ1) is 24.5. The van der Waals surface area contributed by atoms with Gasteiger partial charge in [-0.15, -0.1) is 0 Å². The van der Waals surface area contributed by atoms with Crippen LogP contribution in [0.15, 0.2) is 48.6 Å². The zero-order chi connectivity index (χ0) is 36.6. The number of unbranched alkanes of at least 4 members (excludes halogenated alkanes) is 20. The van der Waals surface area contributed by atoms with E-state index in [1.165, 1.54) is 83.5 Å².